The predicted octanol–water partition coefficient (Wildman–Crippen LogP) is 8.20. The van der Waals surface area contributed by atoms with Crippen molar-refractivity contribution in [3.05, 3.63) is 155 Å². The monoisotopic (exact) mass is 671 g/mol. The molecule has 0 fully saturated rings. The van der Waals surface area contributed by atoms with E-state index in [0.717, 1.165) is 27.3 Å². The average Bonchev–Trinajstić information content (AvgIpc) is 3.12. The van der Waals surface area contributed by atoms with Gasteiger partial charge in [0.15, 0.2) is 11.5 Å². The number of carbonyl (C=O) groups excluding carboxylic acids is 3. The summed E-state index contributed by atoms with van der Waals surface area (Å²) in [7, 11) is 3.07. The zero-order valence-corrected chi connectivity index (χ0v) is 28.5. The lowest BCUT2D eigenvalue weighted by Gasteiger charge is -2.18. The van der Waals surface area contributed by atoms with Gasteiger partial charge in [-0.1, -0.05) is 72.3 Å². The highest BCUT2D eigenvalue weighted by Crippen LogP contribution is 2.37. The second kappa shape index (κ2) is 16.3. The lowest BCUT2D eigenvalue weighted by atomic mass is 10.1. The Balaban J connectivity index is 1.35. The van der Waals surface area contributed by atoms with Crippen molar-refractivity contribution in [3.63, 3.8) is 0 Å². The number of hydrogen-bond donors (Lipinski definition) is 3. The molecule has 0 spiro atoms. The van der Waals surface area contributed by atoms with Crippen LogP contribution >= 0.6 is 11.8 Å². The Morgan fingerprint density at radius 1 is 0.714 bits per heavy atom. The molecule has 5 aromatic carbocycles. The molecule has 1 unspecified atom stereocenters. The maximum Gasteiger partial charge on any atom is 0.272 e. The third-order valence-corrected chi connectivity index (χ3v) is 8.86. The molecule has 0 aliphatic rings. The standard InChI is InChI=1S/C40H37N3O5S/c1-26-15-21-33(27(2)23-26)42-40(46)37(29-11-7-5-8-12-29)49-32-19-17-31(18-20-32)41-39(45)34(43-38(44)30-13-9-6-10-14-30)24-28-16-22-35(47-3)36(25-28)48-4/h5-25,37H,1-4H3,(H,41,45)(H,42,46)(H,43,44)/b34-24-. The predicted molar refractivity (Wildman–Crippen MR) is 196 cm³/mol. The topological polar surface area (TPSA) is 106 Å². The van der Waals surface area contributed by atoms with Gasteiger partial charge in [-0.15, -0.1) is 11.8 Å². The number of thioether (sulfide) groups is 1. The Morgan fingerprint density at radius 3 is 2.04 bits per heavy atom. The molecule has 3 amide bonds. The molecule has 5 aromatic rings. The minimum atomic E-state index is -0.522. The van der Waals surface area contributed by atoms with Gasteiger partial charge in [-0.2, -0.15) is 0 Å². The number of benzene rings is 5. The molecule has 3 N–H and O–H groups in total. The van der Waals surface area contributed by atoms with E-state index in [1.165, 1.54) is 18.9 Å². The summed E-state index contributed by atoms with van der Waals surface area (Å²) in [5, 5.41) is 8.21. The SMILES string of the molecule is COc1ccc(/C=C(\NC(=O)c2ccccc2)C(=O)Nc2ccc(SC(C(=O)Nc3ccc(C)cc3C)c3ccccc3)cc2)cc1OC. The van der Waals surface area contributed by atoms with E-state index >= 15 is 0 Å². The summed E-state index contributed by atoms with van der Waals surface area (Å²) in [6.45, 7) is 3.99. The van der Waals surface area contributed by atoms with E-state index in [1.807, 2.05) is 80.6 Å². The van der Waals surface area contributed by atoms with Crippen molar-refractivity contribution < 1.29 is 23.9 Å². The summed E-state index contributed by atoms with van der Waals surface area (Å²) in [6.07, 6.45) is 1.57. The van der Waals surface area contributed by atoms with Gasteiger partial charge in [0, 0.05) is 21.8 Å². The van der Waals surface area contributed by atoms with Gasteiger partial charge in [0.05, 0.1) is 14.2 Å². The molecule has 9 heteroatoms. The van der Waals surface area contributed by atoms with Crippen molar-refractivity contribution in [2.75, 3.05) is 24.9 Å². The van der Waals surface area contributed by atoms with E-state index in [-0.39, 0.29) is 11.6 Å². The Hall–Kier alpha value is -5.80. The van der Waals surface area contributed by atoms with Crippen LogP contribution in [0.1, 0.15) is 37.9 Å². The number of rotatable bonds is 12. The summed E-state index contributed by atoms with van der Waals surface area (Å²) >= 11 is 1.41. The molecule has 0 saturated carbocycles. The highest BCUT2D eigenvalue weighted by Gasteiger charge is 2.23. The first-order chi connectivity index (χ1) is 23.7. The van der Waals surface area contributed by atoms with Gasteiger partial charge >= 0.3 is 0 Å². The third kappa shape index (κ3) is 9.18. The molecule has 0 aliphatic heterocycles. The van der Waals surface area contributed by atoms with Crippen LogP contribution in [-0.4, -0.2) is 31.9 Å². The van der Waals surface area contributed by atoms with Crippen LogP contribution in [0.5, 0.6) is 11.5 Å². The number of ether oxygens (including phenoxy) is 2. The molecule has 248 valence electrons. The van der Waals surface area contributed by atoms with Gasteiger partial charge in [-0.25, -0.2) is 0 Å². The van der Waals surface area contributed by atoms with Gasteiger partial charge < -0.3 is 25.4 Å². The number of hydrogen-bond acceptors (Lipinski definition) is 6. The Kier molecular flexibility index (Phi) is 11.5. The molecule has 5 rings (SSSR count). The van der Waals surface area contributed by atoms with Crippen LogP contribution in [0.15, 0.2) is 132 Å². The van der Waals surface area contributed by atoms with Crippen LogP contribution in [0.4, 0.5) is 11.4 Å². The van der Waals surface area contributed by atoms with Crippen LogP contribution in [0, 0.1) is 13.8 Å². The van der Waals surface area contributed by atoms with Gasteiger partial charge in [0.1, 0.15) is 10.9 Å². The van der Waals surface area contributed by atoms with Crippen molar-refractivity contribution in [1.29, 1.82) is 0 Å². The number of methoxy groups -OCH3 is 2. The second-order valence-electron chi connectivity index (χ2n) is 11.2. The van der Waals surface area contributed by atoms with E-state index in [4.69, 9.17) is 9.47 Å². The summed E-state index contributed by atoms with van der Waals surface area (Å²) < 4.78 is 10.7. The van der Waals surface area contributed by atoms with Gasteiger partial charge in [-0.05, 0) is 91.2 Å². The summed E-state index contributed by atoms with van der Waals surface area (Å²) in [4.78, 5) is 41.1. The van der Waals surface area contributed by atoms with Crippen molar-refractivity contribution >= 4 is 46.9 Å². The van der Waals surface area contributed by atoms with Crippen molar-refractivity contribution in [2.45, 2.75) is 24.0 Å². The molecule has 49 heavy (non-hydrogen) atoms. The Morgan fingerprint density at radius 2 is 1.39 bits per heavy atom. The summed E-state index contributed by atoms with van der Waals surface area (Å²) in [6, 6.07) is 36.6. The van der Waals surface area contributed by atoms with E-state index in [2.05, 4.69) is 16.0 Å². The highest BCUT2D eigenvalue weighted by molar-refractivity contribution is 8.00. The molecule has 0 radical (unpaired) electrons. The van der Waals surface area contributed by atoms with Crippen molar-refractivity contribution in [1.82, 2.24) is 5.32 Å². The summed E-state index contributed by atoms with van der Waals surface area (Å²) in [5.74, 6) is -0.0708. The first-order valence-corrected chi connectivity index (χ1v) is 16.4. The fourth-order valence-corrected chi connectivity index (χ4v) is 6.08. The fraction of sp³-hybridized carbons (Fsp3) is 0.125. The Bertz CT molecular complexity index is 1960. The van der Waals surface area contributed by atoms with Gasteiger partial charge in [0.2, 0.25) is 5.91 Å². The van der Waals surface area contributed by atoms with Crippen LogP contribution in [-0.2, 0) is 9.59 Å². The molecule has 0 heterocycles. The molecular formula is C40H37N3O5S. The van der Waals surface area contributed by atoms with E-state index in [1.54, 1.807) is 67.8 Å². The summed E-state index contributed by atoms with van der Waals surface area (Å²) in [5.41, 5.74) is 5.32. The molecule has 8 nitrogen and oxygen atoms in total. The van der Waals surface area contributed by atoms with E-state index in [0.29, 0.717) is 28.3 Å². The van der Waals surface area contributed by atoms with Crippen molar-refractivity contribution in [3.8, 4) is 11.5 Å². The lowest BCUT2D eigenvalue weighted by molar-refractivity contribution is -0.116. The first kappa shape index (κ1) is 34.5. The van der Waals surface area contributed by atoms with Crippen molar-refractivity contribution in [2.24, 2.45) is 0 Å². The molecule has 0 aliphatic carbocycles. The zero-order valence-electron chi connectivity index (χ0n) is 27.7. The zero-order chi connectivity index (χ0) is 34.8. The smallest absolute Gasteiger partial charge is 0.272 e. The molecule has 0 saturated heterocycles. The van der Waals surface area contributed by atoms with Gasteiger partial charge in [0.25, 0.3) is 11.8 Å². The lowest BCUT2D eigenvalue weighted by Crippen LogP contribution is -2.30. The molecule has 0 bridgehead atoms. The normalized spacial score (nSPS) is 11.6. The second-order valence-corrected chi connectivity index (χ2v) is 12.4. The molecule has 1 atom stereocenters. The minimum Gasteiger partial charge on any atom is -0.493 e. The number of anilines is 2. The van der Waals surface area contributed by atoms with Crippen LogP contribution in [0.3, 0.4) is 0 Å². The molecule has 0 aromatic heterocycles. The average molecular weight is 672 g/mol. The maximum atomic E-state index is 13.6. The van der Waals surface area contributed by atoms with E-state index in [9.17, 15) is 14.4 Å². The van der Waals surface area contributed by atoms with E-state index < -0.39 is 17.1 Å². The number of aryl methyl sites for hydroxylation is 2. The maximum absolute atomic E-state index is 13.6. The Labute approximate surface area is 290 Å². The fourth-order valence-electron chi connectivity index (χ4n) is 5.06. The largest absolute Gasteiger partial charge is 0.493 e. The first-order valence-electron chi connectivity index (χ1n) is 15.6. The minimum absolute atomic E-state index is 0.0340. The van der Waals surface area contributed by atoms with Gasteiger partial charge in [-0.3, -0.25) is 14.4 Å². The molecular weight excluding hydrogens is 635 g/mol. The quantitative estimate of drug-likeness (QED) is 0.0913. The number of amides is 3. The van der Waals surface area contributed by atoms with Crippen LogP contribution in [0.25, 0.3) is 6.08 Å². The van der Waals surface area contributed by atoms with Crippen LogP contribution < -0.4 is 25.4 Å². The third-order valence-electron chi connectivity index (χ3n) is 7.59. The highest BCUT2D eigenvalue weighted by atomic mass is 32.2. The number of carbonyl (C=O) groups is 3. The number of nitrogens with one attached hydrogen (secondary N) is 3. The van der Waals surface area contributed by atoms with Crippen LogP contribution in [0.2, 0.25) is 0 Å².